The lowest BCUT2D eigenvalue weighted by Crippen LogP contribution is -2.60. The number of aliphatic hydroxyl groups excluding tert-OH is 6. The molecule has 1 amide bonds. The van der Waals surface area contributed by atoms with Crippen LogP contribution in [0.1, 0.15) is 187 Å². The lowest BCUT2D eigenvalue weighted by Gasteiger charge is -2.40. The zero-order valence-electron chi connectivity index (χ0n) is 37.8. The van der Waals surface area contributed by atoms with Crippen LogP contribution < -0.4 is 5.32 Å². The van der Waals surface area contributed by atoms with Crippen molar-refractivity contribution in [1.29, 1.82) is 0 Å². The highest BCUT2D eigenvalue weighted by atomic mass is 16.7. The van der Waals surface area contributed by atoms with Gasteiger partial charge in [-0.15, -0.1) is 0 Å². The van der Waals surface area contributed by atoms with E-state index in [0.717, 1.165) is 57.8 Å². The first kappa shape index (κ1) is 55.9. The van der Waals surface area contributed by atoms with Crippen LogP contribution in [-0.2, 0) is 14.3 Å². The van der Waals surface area contributed by atoms with Gasteiger partial charge < -0.3 is 45.4 Å². The molecular formula is C50H89NO9. The predicted octanol–water partition coefficient (Wildman–Crippen LogP) is 9.36. The van der Waals surface area contributed by atoms with Crippen LogP contribution in [0.5, 0.6) is 0 Å². The number of amides is 1. The van der Waals surface area contributed by atoms with E-state index in [0.29, 0.717) is 19.3 Å². The van der Waals surface area contributed by atoms with Gasteiger partial charge in [-0.3, -0.25) is 4.79 Å². The van der Waals surface area contributed by atoms with Crippen LogP contribution in [0.2, 0.25) is 0 Å². The van der Waals surface area contributed by atoms with Gasteiger partial charge >= 0.3 is 0 Å². The summed E-state index contributed by atoms with van der Waals surface area (Å²) in [6, 6.07) is -1.00. The van der Waals surface area contributed by atoms with Crippen molar-refractivity contribution >= 4 is 5.91 Å². The molecule has 10 heteroatoms. The van der Waals surface area contributed by atoms with Gasteiger partial charge in [-0.1, -0.05) is 177 Å². The number of allylic oxidation sites excluding steroid dienone is 9. The van der Waals surface area contributed by atoms with Crippen molar-refractivity contribution in [2.24, 2.45) is 0 Å². The van der Waals surface area contributed by atoms with E-state index < -0.39 is 61.5 Å². The Morgan fingerprint density at radius 1 is 0.600 bits per heavy atom. The summed E-state index contributed by atoms with van der Waals surface area (Å²) in [7, 11) is 0. The van der Waals surface area contributed by atoms with Crippen LogP contribution in [0.15, 0.2) is 60.8 Å². The van der Waals surface area contributed by atoms with E-state index in [1.807, 2.05) is 6.08 Å². The molecule has 1 aliphatic heterocycles. The van der Waals surface area contributed by atoms with Gasteiger partial charge in [-0.05, 0) is 70.6 Å². The molecule has 8 atom stereocenters. The number of hydrogen-bond donors (Lipinski definition) is 7. The maximum Gasteiger partial charge on any atom is 0.249 e. The fourth-order valence-electron chi connectivity index (χ4n) is 7.23. The molecule has 348 valence electrons. The molecule has 0 radical (unpaired) electrons. The Balaban J connectivity index is 2.40. The van der Waals surface area contributed by atoms with Crippen LogP contribution >= 0.6 is 0 Å². The van der Waals surface area contributed by atoms with E-state index in [9.17, 15) is 35.4 Å². The molecule has 7 N–H and O–H groups in total. The summed E-state index contributed by atoms with van der Waals surface area (Å²) >= 11 is 0. The highest BCUT2D eigenvalue weighted by molar-refractivity contribution is 5.80. The molecule has 1 rings (SSSR count). The zero-order chi connectivity index (χ0) is 43.9. The second kappa shape index (κ2) is 39.7. The maximum atomic E-state index is 13.1. The van der Waals surface area contributed by atoms with Crippen molar-refractivity contribution in [2.45, 2.75) is 236 Å². The van der Waals surface area contributed by atoms with Crippen LogP contribution in [0.3, 0.4) is 0 Å². The number of hydrogen-bond acceptors (Lipinski definition) is 9. The summed E-state index contributed by atoms with van der Waals surface area (Å²) in [5.74, 6) is -0.634. The minimum atomic E-state index is -1.62. The second-order valence-electron chi connectivity index (χ2n) is 16.6. The minimum Gasteiger partial charge on any atom is -0.394 e. The molecule has 0 aliphatic carbocycles. The third-order valence-corrected chi connectivity index (χ3v) is 11.2. The molecule has 0 spiro atoms. The van der Waals surface area contributed by atoms with Crippen molar-refractivity contribution in [3.63, 3.8) is 0 Å². The van der Waals surface area contributed by atoms with E-state index in [-0.39, 0.29) is 6.61 Å². The number of rotatable bonds is 39. The lowest BCUT2D eigenvalue weighted by atomic mass is 9.99. The van der Waals surface area contributed by atoms with E-state index >= 15 is 0 Å². The average molecular weight is 848 g/mol. The van der Waals surface area contributed by atoms with E-state index in [2.05, 4.69) is 67.8 Å². The molecule has 1 saturated heterocycles. The number of carbonyl (C=O) groups excluding carboxylic acids is 1. The normalized spacial score (nSPS) is 21.6. The SMILES string of the molecule is CC/C=C\C/C=C\CCCCCCCCCCCCCCCC(O)C(=O)NC(COC1OC(CO)C(O)C(O)C1O)C(O)/C=C/CC/C=C/CC/C=C/CCCCCCC. The largest absolute Gasteiger partial charge is 0.394 e. The molecule has 10 nitrogen and oxygen atoms in total. The summed E-state index contributed by atoms with van der Waals surface area (Å²) in [6.45, 7) is 3.46. The average Bonchev–Trinajstić information content (AvgIpc) is 3.25. The Morgan fingerprint density at radius 3 is 1.63 bits per heavy atom. The number of aliphatic hydroxyl groups is 6. The molecule has 1 aliphatic rings. The van der Waals surface area contributed by atoms with E-state index in [1.165, 1.54) is 96.3 Å². The number of ether oxygens (including phenoxy) is 2. The predicted molar refractivity (Wildman–Crippen MR) is 245 cm³/mol. The molecule has 0 aromatic heterocycles. The van der Waals surface area contributed by atoms with Crippen LogP contribution in [0.4, 0.5) is 0 Å². The maximum absolute atomic E-state index is 13.1. The highest BCUT2D eigenvalue weighted by Gasteiger charge is 2.44. The Kier molecular flexibility index (Phi) is 36.9. The van der Waals surface area contributed by atoms with Gasteiger partial charge in [-0.2, -0.15) is 0 Å². The van der Waals surface area contributed by atoms with Crippen molar-refractivity contribution < 1.29 is 44.9 Å². The Labute approximate surface area is 365 Å². The van der Waals surface area contributed by atoms with E-state index in [4.69, 9.17) is 9.47 Å². The van der Waals surface area contributed by atoms with Crippen molar-refractivity contribution in [1.82, 2.24) is 5.32 Å². The fourth-order valence-corrected chi connectivity index (χ4v) is 7.23. The first-order valence-electron chi connectivity index (χ1n) is 24.1. The third kappa shape index (κ3) is 29.2. The van der Waals surface area contributed by atoms with Gasteiger partial charge in [0, 0.05) is 0 Å². The summed E-state index contributed by atoms with van der Waals surface area (Å²) < 4.78 is 11.1. The third-order valence-electron chi connectivity index (χ3n) is 11.2. The standard InChI is InChI=1S/C50H89NO9/c1-3-5-7-9-11-13-15-17-19-20-21-22-23-25-27-29-31-33-35-37-39-44(54)49(58)51-42(41-59-50-48(57)47(56)46(55)45(40-52)60-50)43(53)38-36-34-32-30-28-26-24-18-16-14-12-10-8-6-4-2/h5,7,11,13,16,18,28,30,36,38,42-48,50,52-57H,3-4,6,8-10,12,14-15,17,19-27,29,31-35,37,39-41H2,1-2H3,(H,51,58)/b7-5-,13-11-,18-16+,30-28+,38-36+. The van der Waals surface area contributed by atoms with Gasteiger partial charge in [-0.25, -0.2) is 0 Å². The molecule has 60 heavy (non-hydrogen) atoms. The van der Waals surface area contributed by atoms with Crippen molar-refractivity contribution in [2.75, 3.05) is 13.2 Å². The lowest BCUT2D eigenvalue weighted by molar-refractivity contribution is -0.302. The molecule has 1 fully saturated rings. The topological polar surface area (TPSA) is 169 Å². The number of carbonyl (C=O) groups is 1. The van der Waals surface area contributed by atoms with Crippen molar-refractivity contribution in [3.8, 4) is 0 Å². The van der Waals surface area contributed by atoms with Crippen molar-refractivity contribution in [3.05, 3.63) is 60.8 Å². The summed E-state index contributed by atoms with van der Waals surface area (Å²) in [4.78, 5) is 13.1. The molecule has 1 heterocycles. The fraction of sp³-hybridized carbons (Fsp3) is 0.780. The Morgan fingerprint density at radius 2 is 1.08 bits per heavy atom. The second-order valence-corrected chi connectivity index (χ2v) is 16.6. The Hall–Kier alpha value is -2.15. The molecule has 0 aromatic carbocycles. The summed E-state index contributed by atoms with van der Waals surface area (Å²) in [5, 5.41) is 64.7. The number of nitrogens with one attached hydrogen (secondary N) is 1. The smallest absolute Gasteiger partial charge is 0.249 e. The van der Waals surface area contributed by atoms with E-state index in [1.54, 1.807) is 6.08 Å². The van der Waals surface area contributed by atoms with Crippen LogP contribution in [0.25, 0.3) is 0 Å². The van der Waals surface area contributed by atoms with Gasteiger partial charge in [0.15, 0.2) is 6.29 Å². The molecule has 0 saturated carbocycles. The van der Waals surface area contributed by atoms with Gasteiger partial charge in [0.1, 0.15) is 30.5 Å². The molecular weight excluding hydrogens is 759 g/mol. The van der Waals surface area contributed by atoms with Crippen LogP contribution in [0, 0.1) is 0 Å². The molecule has 8 unspecified atom stereocenters. The monoisotopic (exact) mass is 848 g/mol. The first-order chi connectivity index (χ1) is 29.3. The van der Waals surface area contributed by atoms with Gasteiger partial charge in [0.2, 0.25) is 5.91 Å². The Bertz CT molecular complexity index is 1140. The summed E-state index contributed by atoms with van der Waals surface area (Å²) in [6.07, 6.45) is 41.6. The quantitative estimate of drug-likeness (QED) is 0.0236. The zero-order valence-corrected chi connectivity index (χ0v) is 37.8. The molecule has 0 bridgehead atoms. The summed E-state index contributed by atoms with van der Waals surface area (Å²) in [5.41, 5.74) is 0. The first-order valence-corrected chi connectivity index (χ1v) is 24.1. The van der Waals surface area contributed by atoms with Gasteiger partial charge in [0.05, 0.1) is 25.4 Å². The van der Waals surface area contributed by atoms with Crippen LogP contribution in [-0.4, -0.2) is 98.7 Å². The highest BCUT2D eigenvalue weighted by Crippen LogP contribution is 2.22. The molecule has 0 aromatic rings. The number of unbranched alkanes of at least 4 members (excludes halogenated alkanes) is 20. The van der Waals surface area contributed by atoms with Gasteiger partial charge in [0.25, 0.3) is 0 Å². The minimum absolute atomic E-state index is 0.297.